The van der Waals surface area contributed by atoms with Gasteiger partial charge in [0.1, 0.15) is 0 Å². The van der Waals surface area contributed by atoms with Crippen LogP contribution in [0.15, 0.2) is 59.6 Å². The van der Waals surface area contributed by atoms with Gasteiger partial charge in [-0.15, -0.1) is 0 Å². The second-order valence-electron chi connectivity index (χ2n) is 5.50. The second-order valence-corrected chi connectivity index (χ2v) is 7.04. The van der Waals surface area contributed by atoms with Crippen LogP contribution in [0.25, 0.3) is 10.9 Å². The van der Waals surface area contributed by atoms with E-state index >= 15 is 0 Å². The Bertz CT molecular complexity index is 861. The summed E-state index contributed by atoms with van der Waals surface area (Å²) in [5, 5.41) is 4.49. The molecule has 1 heterocycles. The van der Waals surface area contributed by atoms with Gasteiger partial charge in [0, 0.05) is 23.0 Å². The highest BCUT2D eigenvalue weighted by atomic mass is 32.2. The minimum atomic E-state index is -1.06. The van der Waals surface area contributed by atoms with Gasteiger partial charge in [0.25, 0.3) is 0 Å². The summed E-state index contributed by atoms with van der Waals surface area (Å²) in [6, 6.07) is 16.1. The van der Waals surface area contributed by atoms with Crippen molar-refractivity contribution in [3.05, 3.63) is 60.3 Å². The molecule has 23 heavy (non-hydrogen) atoms. The Balaban J connectivity index is 2.16. The number of hydrogen-bond donors (Lipinski definition) is 1. The van der Waals surface area contributed by atoms with Gasteiger partial charge < -0.3 is 5.32 Å². The van der Waals surface area contributed by atoms with E-state index in [9.17, 15) is 4.21 Å². The lowest BCUT2D eigenvalue weighted by molar-refractivity contribution is 0.682. The molecule has 118 valence electrons. The molecule has 3 aromatic rings. The zero-order valence-electron chi connectivity index (χ0n) is 13.4. The molecule has 0 aliphatic heterocycles. The van der Waals surface area contributed by atoms with E-state index in [1.807, 2.05) is 49.4 Å². The van der Waals surface area contributed by atoms with Crippen molar-refractivity contribution >= 4 is 33.1 Å². The molecular formula is C19H20N2OS. The summed E-state index contributed by atoms with van der Waals surface area (Å²) in [7, 11) is -1.06. The molecule has 0 saturated carbocycles. The minimum Gasteiger partial charge on any atom is -0.354 e. The third kappa shape index (κ3) is 3.27. The zero-order valence-corrected chi connectivity index (χ0v) is 14.2. The fraction of sp³-hybridized carbons (Fsp3) is 0.211. The molecule has 0 aliphatic carbocycles. The highest BCUT2D eigenvalue weighted by Gasteiger charge is 2.14. The topological polar surface area (TPSA) is 42.0 Å². The van der Waals surface area contributed by atoms with E-state index in [0.29, 0.717) is 5.75 Å². The van der Waals surface area contributed by atoms with Crippen LogP contribution in [0.4, 0.5) is 11.4 Å². The predicted molar refractivity (Wildman–Crippen MR) is 97.8 cm³/mol. The Morgan fingerprint density at radius 3 is 2.61 bits per heavy atom. The summed E-state index contributed by atoms with van der Waals surface area (Å²) in [4.78, 5) is 5.25. The molecule has 4 heteroatoms. The van der Waals surface area contributed by atoms with Crippen LogP contribution in [0.1, 0.15) is 18.9 Å². The van der Waals surface area contributed by atoms with E-state index in [1.165, 1.54) is 0 Å². The molecule has 1 atom stereocenters. The minimum absolute atomic E-state index is 0.641. The Morgan fingerprint density at radius 2 is 1.83 bits per heavy atom. The zero-order chi connectivity index (χ0) is 16.2. The largest absolute Gasteiger partial charge is 0.354 e. The average Bonchev–Trinajstić information content (AvgIpc) is 2.57. The Morgan fingerprint density at radius 1 is 1.09 bits per heavy atom. The van der Waals surface area contributed by atoms with Gasteiger partial charge in [0.05, 0.1) is 26.9 Å². The third-order valence-electron chi connectivity index (χ3n) is 3.78. The lowest BCUT2D eigenvalue weighted by atomic mass is 10.1. The number of aromatic nitrogens is 1. The fourth-order valence-corrected chi connectivity index (χ4v) is 3.72. The number of anilines is 2. The molecule has 0 spiro atoms. The molecule has 0 aliphatic rings. The lowest BCUT2D eigenvalue weighted by Crippen LogP contribution is -2.04. The first-order valence-electron chi connectivity index (χ1n) is 7.79. The van der Waals surface area contributed by atoms with E-state index < -0.39 is 10.8 Å². The van der Waals surface area contributed by atoms with Gasteiger partial charge in [-0.3, -0.25) is 9.19 Å². The Kier molecular flexibility index (Phi) is 4.72. The first-order chi connectivity index (χ1) is 11.2. The van der Waals surface area contributed by atoms with Crippen molar-refractivity contribution in [3.63, 3.8) is 0 Å². The molecule has 0 saturated heterocycles. The molecule has 0 amide bonds. The number of nitrogens with zero attached hydrogens (tertiary/aromatic N) is 1. The van der Waals surface area contributed by atoms with Crippen LogP contribution in [-0.2, 0) is 10.8 Å². The number of nitrogens with one attached hydrogen (secondary N) is 1. The highest BCUT2D eigenvalue weighted by Crippen LogP contribution is 2.32. The van der Waals surface area contributed by atoms with Crippen LogP contribution < -0.4 is 5.32 Å². The molecule has 3 rings (SSSR count). The maximum atomic E-state index is 12.6. The van der Waals surface area contributed by atoms with Crippen molar-refractivity contribution in [1.29, 1.82) is 0 Å². The maximum absolute atomic E-state index is 12.6. The maximum Gasteiger partial charge on any atom is 0.0812 e. The number of pyridine rings is 1. The average molecular weight is 324 g/mol. The Hall–Kier alpha value is -2.20. The first kappa shape index (κ1) is 15.7. The molecular weight excluding hydrogens is 304 g/mol. The molecule has 0 radical (unpaired) electrons. The SMILES string of the molecule is CCCS(=O)c1cnc2ccccc2c1Nc1ccccc1C. The molecule has 0 fully saturated rings. The van der Waals surface area contributed by atoms with Crippen LogP contribution in [0.2, 0.25) is 0 Å². The van der Waals surface area contributed by atoms with E-state index in [4.69, 9.17) is 0 Å². The predicted octanol–water partition coefficient (Wildman–Crippen LogP) is 4.80. The van der Waals surface area contributed by atoms with E-state index in [-0.39, 0.29) is 0 Å². The molecule has 1 unspecified atom stereocenters. The van der Waals surface area contributed by atoms with Gasteiger partial charge in [0.2, 0.25) is 0 Å². The molecule has 1 N–H and O–H groups in total. The van der Waals surface area contributed by atoms with Gasteiger partial charge in [-0.05, 0) is 31.0 Å². The lowest BCUT2D eigenvalue weighted by Gasteiger charge is -2.15. The van der Waals surface area contributed by atoms with Crippen molar-refractivity contribution < 1.29 is 4.21 Å². The van der Waals surface area contributed by atoms with E-state index in [1.54, 1.807) is 6.20 Å². The van der Waals surface area contributed by atoms with E-state index in [2.05, 4.69) is 23.3 Å². The molecule has 2 aromatic carbocycles. The van der Waals surface area contributed by atoms with Crippen LogP contribution in [0.3, 0.4) is 0 Å². The number of fused-ring (bicyclic) bond motifs is 1. The van der Waals surface area contributed by atoms with Crippen molar-refractivity contribution in [3.8, 4) is 0 Å². The summed E-state index contributed by atoms with van der Waals surface area (Å²) in [5.41, 5.74) is 3.98. The van der Waals surface area contributed by atoms with Gasteiger partial charge in [-0.2, -0.15) is 0 Å². The van der Waals surface area contributed by atoms with Crippen LogP contribution in [0, 0.1) is 6.92 Å². The number of aryl methyl sites for hydroxylation is 1. The van der Waals surface area contributed by atoms with Gasteiger partial charge in [0.15, 0.2) is 0 Å². The number of rotatable bonds is 5. The van der Waals surface area contributed by atoms with Gasteiger partial charge in [-0.1, -0.05) is 43.3 Å². The van der Waals surface area contributed by atoms with Crippen LogP contribution in [0.5, 0.6) is 0 Å². The van der Waals surface area contributed by atoms with E-state index in [0.717, 1.165) is 39.2 Å². The van der Waals surface area contributed by atoms with Crippen molar-refractivity contribution in [2.75, 3.05) is 11.1 Å². The number of benzene rings is 2. The quantitative estimate of drug-likeness (QED) is 0.732. The standard InChI is InChI=1S/C19H20N2OS/c1-3-12-23(22)18-13-20-17-11-7-5-9-15(17)19(18)21-16-10-6-4-8-14(16)2/h4-11,13H,3,12H2,1-2H3,(H,20,21). The summed E-state index contributed by atoms with van der Waals surface area (Å²) in [6.07, 6.45) is 2.62. The van der Waals surface area contributed by atoms with Crippen molar-refractivity contribution in [2.45, 2.75) is 25.2 Å². The third-order valence-corrected chi connectivity index (χ3v) is 5.36. The normalized spacial score (nSPS) is 12.3. The Labute approximate surface area is 139 Å². The first-order valence-corrected chi connectivity index (χ1v) is 9.11. The summed E-state index contributed by atoms with van der Waals surface area (Å²) in [5.74, 6) is 0.641. The highest BCUT2D eigenvalue weighted by molar-refractivity contribution is 7.85. The molecule has 1 aromatic heterocycles. The number of hydrogen-bond acceptors (Lipinski definition) is 3. The van der Waals surface area contributed by atoms with Gasteiger partial charge >= 0.3 is 0 Å². The smallest absolute Gasteiger partial charge is 0.0812 e. The monoisotopic (exact) mass is 324 g/mol. The van der Waals surface area contributed by atoms with Crippen molar-refractivity contribution in [1.82, 2.24) is 4.98 Å². The summed E-state index contributed by atoms with van der Waals surface area (Å²) >= 11 is 0. The van der Waals surface area contributed by atoms with Crippen LogP contribution >= 0.6 is 0 Å². The van der Waals surface area contributed by atoms with Crippen molar-refractivity contribution in [2.24, 2.45) is 0 Å². The van der Waals surface area contributed by atoms with Gasteiger partial charge in [-0.25, -0.2) is 0 Å². The molecule has 0 bridgehead atoms. The number of para-hydroxylation sites is 2. The summed E-state index contributed by atoms with van der Waals surface area (Å²) in [6.45, 7) is 4.11. The fourth-order valence-electron chi connectivity index (χ4n) is 2.57. The van der Waals surface area contributed by atoms with Crippen LogP contribution in [-0.4, -0.2) is 14.9 Å². The molecule has 3 nitrogen and oxygen atoms in total. The summed E-state index contributed by atoms with van der Waals surface area (Å²) < 4.78 is 12.6. The second kappa shape index (κ2) is 6.92.